The van der Waals surface area contributed by atoms with Crippen molar-refractivity contribution in [1.82, 2.24) is 9.78 Å². The second-order valence-electron chi connectivity index (χ2n) is 5.68. The van der Waals surface area contributed by atoms with Crippen molar-refractivity contribution in [3.05, 3.63) is 72.1 Å². The molecule has 0 aliphatic heterocycles. The molecule has 0 amide bonds. The van der Waals surface area contributed by atoms with Gasteiger partial charge in [0.15, 0.2) is 0 Å². The van der Waals surface area contributed by atoms with Crippen LogP contribution in [-0.4, -0.2) is 18.2 Å². The van der Waals surface area contributed by atoms with Gasteiger partial charge in [0.2, 0.25) is 0 Å². The molecule has 0 saturated heterocycles. The highest BCUT2D eigenvalue weighted by atomic mass is 32.2. The van der Waals surface area contributed by atoms with Crippen LogP contribution in [0, 0.1) is 6.92 Å². The number of aryl methyl sites for hydroxylation is 2. The number of benzene rings is 2. The maximum Gasteiger partial charge on any atom is 0.261 e. The highest BCUT2D eigenvalue weighted by Crippen LogP contribution is 2.20. The van der Waals surface area contributed by atoms with Gasteiger partial charge in [0.1, 0.15) is 12.4 Å². The molecule has 3 rings (SSSR count). The van der Waals surface area contributed by atoms with Gasteiger partial charge in [-0.05, 0) is 49.4 Å². The van der Waals surface area contributed by atoms with Crippen LogP contribution in [0.15, 0.2) is 65.7 Å². The Morgan fingerprint density at radius 1 is 1.04 bits per heavy atom. The lowest BCUT2D eigenvalue weighted by molar-refractivity contribution is 0.295. The van der Waals surface area contributed by atoms with E-state index in [1.165, 1.54) is 0 Å². The highest BCUT2D eigenvalue weighted by molar-refractivity contribution is 7.92. The molecule has 1 heterocycles. The van der Waals surface area contributed by atoms with E-state index in [-0.39, 0.29) is 4.90 Å². The van der Waals surface area contributed by atoms with E-state index in [0.29, 0.717) is 18.0 Å². The standard InChI is InChI=1S/C18H19N3O3S/c1-14-3-9-18(10-4-14)25(22,23)20-15-5-7-17(8-6-15)24-13-16-11-12-19-21(16)2/h3-12,20H,13H2,1-2H3. The summed E-state index contributed by atoms with van der Waals surface area (Å²) in [6.45, 7) is 2.30. The number of aromatic nitrogens is 2. The summed E-state index contributed by atoms with van der Waals surface area (Å²) in [7, 11) is -1.75. The van der Waals surface area contributed by atoms with Gasteiger partial charge in [-0.1, -0.05) is 17.7 Å². The monoisotopic (exact) mass is 357 g/mol. The van der Waals surface area contributed by atoms with E-state index in [1.54, 1.807) is 59.4 Å². The normalized spacial score (nSPS) is 11.3. The van der Waals surface area contributed by atoms with Crippen molar-refractivity contribution in [2.75, 3.05) is 4.72 Å². The molecule has 0 aliphatic carbocycles. The average molecular weight is 357 g/mol. The average Bonchev–Trinajstić information content (AvgIpc) is 2.99. The Hall–Kier alpha value is -2.80. The van der Waals surface area contributed by atoms with Crippen molar-refractivity contribution in [2.45, 2.75) is 18.4 Å². The van der Waals surface area contributed by atoms with Gasteiger partial charge in [0, 0.05) is 18.9 Å². The number of hydrogen-bond acceptors (Lipinski definition) is 4. The first kappa shape index (κ1) is 17.0. The minimum Gasteiger partial charge on any atom is -0.487 e. The minimum absolute atomic E-state index is 0.231. The summed E-state index contributed by atoms with van der Waals surface area (Å²) in [4.78, 5) is 0.231. The van der Waals surface area contributed by atoms with Crippen LogP contribution in [0.2, 0.25) is 0 Å². The van der Waals surface area contributed by atoms with Crippen LogP contribution in [0.5, 0.6) is 5.75 Å². The van der Waals surface area contributed by atoms with Crippen LogP contribution < -0.4 is 9.46 Å². The fraction of sp³-hybridized carbons (Fsp3) is 0.167. The number of anilines is 1. The summed E-state index contributed by atoms with van der Waals surface area (Å²) in [5.74, 6) is 0.652. The first-order valence-electron chi connectivity index (χ1n) is 7.73. The van der Waals surface area contributed by atoms with Gasteiger partial charge in [-0.15, -0.1) is 0 Å². The molecular weight excluding hydrogens is 338 g/mol. The molecule has 2 aromatic carbocycles. The number of rotatable bonds is 6. The summed E-state index contributed by atoms with van der Waals surface area (Å²) < 4.78 is 34.7. The molecule has 0 bridgehead atoms. The quantitative estimate of drug-likeness (QED) is 0.736. The molecule has 0 unspecified atom stereocenters. The van der Waals surface area contributed by atoms with Crippen LogP contribution in [-0.2, 0) is 23.7 Å². The molecule has 25 heavy (non-hydrogen) atoms. The predicted molar refractivity (Wildman–Crippen MR) is 96.0 cm³/mol. The fourth-order valence-corrected chi connectivity index (χ4v) is 3.31. The van der Waals surface area contributed by atoms with Crippen LogP contribution in [0.4, 0.5) is 5.69 Å². The molecule has 0 radical (unpaired) electrons. The first-order valence-corrected chi connectivity index (χ1v) is 9.21. The molecule has 1 aromatic heterocycles. The summed E-state index contributed by atoms with van der Waals surface area (Å²) in [6.07, 6.45) is 1.71. The maximum atomic E-state index is 12.4. The maximum absolute atomic E-state index is 12.4. The molecule has 0 atom stereocenters. The van der Waals surface area contributed by atoms with Crippen molar-refractivity contribution in [3.8, 4) is 5.75 Å². The van der Waals surface area contributed by atoms with Gasteiger partial charge >= 0.3 is 0 Å². The third kappa shape index (κ3) is 4.19. The van der Waals surface area contributed by atoms with Crippen molar-refractivity contribution < 1.29 is 13.2 Å². The van der Waals surface area contributed by atoms with E-state index in [9.17, 15) is 8.42 Å². The van der Waals surface area contributed by atoms with Crippen molar-refractivity contribution in [1.29, 1.82) is 0 Å². The third-order valence-electron chi connectivity index (χ3n) is 3.75. The SMILES string of the molecule is Cc1ccc(S(=O)(=O)Nc2ccc(OCc3ccnn3C)cc2)cc1. The van der Waals surface area contributed by atoms with Crippen molar-refractivity contribution in [2.24, 2.45) is 7.05 Å². The van der Waals surface area contributed by atoms with Gasteiger partial charge in [0.25, 0.3) is 10.0 Å². The smallest absolute Gasteiger partial charge is 0.261 e. The third-order valence-corrected chi connectivity index (χ3v) is 5.14. The minimum atomic E-state index is -3.60. The Morgan fingerprint density at radius 3 is 2.32 bits per heavy atom. The van der Waals surface area contributed by atoms with Crippen LogP contribution in [0.25, 0.3) is 0 Å². The van der Waals surface area contributed by atoms with E-state index < -0.39 is 10.0 Å². The van der Waals surface area contributed by atoms with E-state index in [0.717, 1.165) is 11.3 Å². The van der Waals surface area contributed by atoms with Gasteiger partial charge < -0.3 is 4.74 Å². The molecular formula is C18H19N3O3S. The zero-order chi connectivity index (χ0) is 17.9. The molecule has 7 heteroatoms. The van der Waals surface area contributed by atoms with Crippen LogP contribution in [0.3, 0.4) is 0 Å². The predicted octanol–water partition coefficient (Wildman–Crippen LogP) is 3.11. The second-order valence-corrected chi connectivity index (χ2v) is 7.36. The second kappa shape index (κ2) is 6.98. The van der Waals surface area contributed by atoms with E-state index >= 15 is 0 Å². The molecule has 0 aliphatic rings. The molecule has 1 N–H and O–H groups in total. The van der Waals surface area contributed by atoms with Crippen molar-refractivity contribution >= 4 is 15.7 Å². The lowest BCUT2D eigenvalue weighted by atomic mass is 10.2. The number of sulfonamides is 1. The fourth-order valence-electron chi connectivity index (χ4n) is 2.25. The molecule has 3 aromatic rings. The Balaban J connectivity index is 1.66. The molecule has 6 nitrogen and oxygen atoms in total. The summed E-state index contributed by atoms with van der Waals surface area (Å²) in [5.41, 5.74) is 2.44. The van der Waals surface area contributed by atoms with Gasteiger partial charge in [-0.3, -0.25) is 9.40 Å². The highest BCUT2D eigenvalue weighted by Gasteiger charge is 2.13. The lowest BCUT2D eigenvalue weighted by Crippen LogP contribution is -2.12. The zero-order valence-corrected chi connectivity index (χ0v) is 14.8. The van der Waals surface area contributed by atoms with E-state index in [4.69, 9.17) is 4.74 Å². The van der Waals surface area contributed by atoms with Gasteiger partial charge in [-0.2, -0.15) is 5.10 Å². The lowest BCUT2D eigenvalue weighted by Gasteiger charge is -2.10. The summed E-state index contributed by atoms with van der Waals surface area (Å²) in [6, 6.07) is 15.4. The number of nitrogens with zero attached hydrogens (tertiary/aromatic N) is 2. The first-order chi connectivity index (χ1) is 11.9. The van der Waals surface area contributed by atoms with Crippen LogP contribution >= 0.6 is 0 Å². The number of nitrogens with one attached hydrogen (secondary N) is 1. The topological polar surface area (TPSA) is 73.2 Å². The Kier molecular flexibility index (Phi) is 4.76. The summed E-state index contributed by atoms with van der Waals surface area (Å²) in [5, 5.41) is 4.08. The molecule has 130 valence electrons. The molecule has 0 saturated carbocycles. The van der Waals surface area contributed by atoms with Gasteiger partial charge in [0.05, 0.1) is 10.6 Å². The molecule has 0 spiro atoms. The van der Waals surface area contributed by atoms with Gasteiger partial charge in [-0.25, -0.2) is 8.42 Å². The van der Waals surface area contributed by atoms with Crippen LogP contribution in [0.1, 0.15) is 11.3 Å². The Labute approximate surface area is 147 Å². The van der Waals surface area contributed by atoms with E-state index in [1.807, 2.05) is 20.0 Å². The van der Waals surface area contributed by atoms with E-state index in [2.05, 4.69) is 9.82 Å². The van der Waals surface area contributed by atoms with Crippen molar-refractivity contribution in [3.63, 3.8) is 0 Å². The zero-order valence-electron chi connectivity index (χ0n) is 14.0. The Bertz CT molecular complexity index is 946. The largest absolute Gasteiger partial charge is 0.487 e. The summed E-state index contributed by atoms with van der Waals surface area (Å²) >= 11 is 0. The number of ether oxygens (including phenoxy) is 1. The Morgan fingerprint density at radius 2 is 1.72 bits per heavy atom. The molecule has 0 fully saturated rings. The number of hydrogen-bond donors (Lipinski definition) is 1.